The summed E-state index contributed by atoms with van der Waals surface area (Å²) in [7, 11) is 0. The van der Waals surface area contributed by atoms with Crippen LogP contribution in [-0.4, -0.2) is 12.0 Å². The molecule has 4 rings (SSSR count). The standard InChI is InChI=1S/C19H15N3O2S/c1-11(10-20)24-13-8-6-12(7-9-13)18-21-16-14-4-2-3-5-15(14)25-17(16)19(23)22-18/h2-9,11,18,21H,1H3,(H,22,23)/t11-,18+/m1/s1. The molecule has 2 heterocycles. The van der Waals surface area contributed by atoms with Crippen molar-refractivity contribution in [3.8, 4) is 11.8 Å². The van der Waals surface area contributed by atoms with Crippen LogP contribution < -0.4 is 15.4 Å². The lowest BCUT2D eigenvalue weighted by molar-refractivity contribution is 0.0940. The van der Waals surface area contributed by atoms with Gasteiger partial charge in [-0.2, -0.15) is 5.26 Å². The zero-order valence-corrected chi connectivity index (χ0v) is 14.3. The van der Waals surface area contributed by atoms with E-state index in [2.05, 4.69) is 10.6 Å². The highest BCUT2D eigenvalue weighted by molar-refractivity contribution is 7.21. The van der Waals surface area contributed by atoms with Gasteiger partial charge in [-0.1, -0.05) is 30.3 Å². The highest BCUT2D eigenvalue weighted by Gasteiger charge is 2.28. The van der Waals surface area contributed by atoms with Gasteiger partial charge in [0.1, 0.15) is 22.9 Å². The summed E-state index contributed by atoms with van der Waals surface area (Å²) in [5.74, 6) is 0.556. The Kier molecular flexibility index (Phi) is 3.79. The number of thiophene rings is 1. The van der Waals surface area contributed by atoms with Crippen molar-refractivity contribution in [2.24, 2.45) is 0 Å². The first-order valence-electron chi connectivity index (χ1n) is 7.91. The van der Waals surface area contributed by atoms with Gasteiger partial charge in [-0.25, -0.2) is 0 Å². The van der Waals surface area contributed by atoms with Gasteiger partial charge in [0.25, 0.3) is 5.91 Å². The molecule has 2 N–H and O–H groups in total. The number of nitrogens with zero attached hydrogens (tertiary/aromatic N) is 1. The van der Waals surface area contributed by atoms with Crippen molar-refractivity contribution in [1.82, 2.24) is 5.32 Å². The fourth-order valence-corrected chi connectivity index (χ4v) is 3.93. The minimum absolute atomic E-state index is 0.0709. The van der Waals surface area contributed by atoms with E-state index in [1.807, 2.05) is 42.5 Å². The molecule has 124 valence electrons. The Morgan fingerprint density at radius 3 is 2.68 bits per heavy atom. The third-order valence-electron chi connectivity index (χ3n) is 4.07. The summed E-state index contributed by atoms with van der Waals surface area (Å²) < 4.78 is 6.55. The Morgan fingerprint density at radius 1 is 1.16 bits per heavy atom. The molecule has 0 bridgehead atoms. The van der Waals surface area contributed by atoms with Crippen LogP contribution in [0, 0.1) is 11.3 Å². The number of amides is 1. The molecule has 0 unspecified atom stereocenters. The van der Waals surface area contributed by atoms with E-state index < -0.39 is 6.10 Å². The van der Waals surface area contributed by atoms with Gasteiger partial charge in [0.2, 0.25) is 0 Å². The molecule has 6 heteroatoms. The van der Waals surface area contributed by atoms with Gasteiger partial charge in [-0.3, -0.25) is 4.79 Å². The predicted octanol–water partition coefficient (Wildman–Crippen LogP) is 4.05. The summed E-state index contributed by atoms with van der Waals surface area (Å²) >= 11 is 1.49. The molecule has 5 nitrogen and oxygen atoms in total. The van der Waals surface area contributed by atoms with Crippen LogP contribution in [0.15, 0.2) is 48.5 Å². The average Bonchev–Trinajstić information content (AvgIpc) is 3.02. The largest absolute Gasteiger partial charge is 0.476 e. The summed E-state index contributed by atoms with van der Waals surface area (Å²) in [5, 5.41) is 16.3. The van der Waals surface area contributed by atoms with Crippen molar-refractivity contribution in [3.05, 3.63) is 59.0 Å². The van der Waals surface area contributed by atoms with Crippen molar-refractivity contribution < 1.29 is 9.53 Å². The quantitative estimate of drug-likeness (QED) is 0.748. The van der Waals surface area contributed by atoms with Crippen LogP contribution in [0.4, 0.5) is 5.69 Å². The molecule has 1 aliphatic rings. The number of rotatable bonds is 3. The van der Waals surface area contributed by atoms with Crippen molar-refractivity contribution in [2.75, 3.05) is 5.32 Å². The van der Waals surface area contributed by atoms with Crippen molar-refractivity contribution in [2.45, 2.75) is 19.2 Å². The monoisotopic (exact) mass is 349 g/mol. The van der Waals surface area contributed by atoms with Crippen LogP contribution in [0.3, 0.4) is 0 Å². The first-order valence-corrected chi connectivity index (χ1v) is 8.72. The van der Waals surface area contributed by atoms with Crippen LogP contribution in [0.25, 0.3) is 10.1 Å². The minimum Gasteiger partial charge on any atom is -0.476 e. The highest BCUT2D eigenvalue weighted by atomic mass is 32.1. The lowest BCUT2D eigenvalue weighted by atomic mass is 10.1. The van der Waals surface area contributed by atoms with E-state index in [0.29, 0.717) is 10.6 Å². The lowest BCUT2D eigenvalue weighted by Crippen LogP contribution is -2.37. The van der Waals surface area contributed by atoms with Crippen molar-refractivity contribution in [3.63, 3.8) is 0 Å². The SMILES string of the molecule is C[C@H](C#N)Oc1ccc([C@@H]2NC(=O)c3sc4ccccc4c3N2)cc1. The van der Waals surface area contributed by atoms with Crippen LogP contribution in [0.2, 0.25) is 0 Å². The maximum atomic E-state index is 12.5. The van der Waals surface area contributed by atoms with Gasteiger partial charge in [0, 0.05) is 10.1 Å². The number of nitriles is 1. The van der Waals surface area contributed by atoms with Gasteiger partial charge in [0.15, 0.2) is 6.10 Å². The van der Waals surface area contributed by atoms with E-state index in [1.165, 1.54) is 11.3 Å². The first-order chi connectivity index (χ1) is 12.2. The molecule has 1 aliphatic heterocycles. The summed E-state index contributed by atoms with van der Waals surface area (Å²) in [6, 6.07) is 17.4. The van der Waals surface area contributed by atoms with Crippen LogP contribution in [0.5, 0.6) is 5.75 Å². The van der Waals surface area contributed by atoms with E-state index >= 15 is 0 Å². The number of hydrogen-bond acceptors (Lipinski definition) is 5. The molecular weight excluding hydrogens is 334 g/mol. The molecule has 0 aliphatic carbocycles. The molecule has 0 fully saturated rings. The molecule has 1 amide bonds. The van der Waals surface area contributed by atoms with E-state index in [0.717, 1.165) is 21.3 Å². The molecule has 0 saturated heterocycles. The second-order valence-electron chi connectivity index (χ2n) is 5.81. The van der Waals surface area contributed by atoms with Crippen LogP contribution in [0.1, 0.15) is 28.3 Å². The predicted molar refractivity (Wildman–Crippen MR) is 97.8 cm³/mol. The number of ether oxygens (including phenoxy) is 1. The second-order valence-corrected chi connectivity index (χ2v) is 6.86. The average molecular weight is 349 g/mol. The number of carbonyl (C=O) groups is 1. The molecule has 1 aromatic heterocycles. The normalized spacial score (nSPS) is 17.1. The van der Waals surface area contributed by atoms with E-state index in [1.54, 1.807) is 19.1 Å². The minimum atomic E-state index is -0.502. The number of carbonyl (C=O) groups excluding carboxylic acids is 1. The Balaban J connectivity index is 1.63. The zero-order chi connectivity index (χ0) is 17.4. The number of benzene rings is 2. The molecule has 3 aromatic rings. The summed E-state index contributed by atoms with van der Waals surface area (Å²) in [5.41, 5.74) is 1.80. The maximum Gasteiger partial charge on any atom is 0.265 e. The topological polar surface area (TPSA) is 74.1 Å². The zero-order valence-electron chi connectivity index (χ0n) is 13.4. The van der Waals surface area contributed by atoms with E-state index in [9.17, 15) is 4.79 Å². The third-order valence-corrected chi connectivity index (χ3v) is 5.24. The van der Waals surface area contributed by atoms with Crippen LogP contribution >= 0.6 is 11.3 Å². The first kappa shape index (κ1) is 15.5. The Bertz CT molecular complexity index is 988. The Hall–Kier alpha value is -3.04. The molecule has 0 spiro atoms. The second kappa shape index (κ2) is 6.11. The maximum absolute atomic E-state index is 12.5. The summed E-state index contributed by atoms with van der Waals surface area (Å²) in [6.07, 6.45) is -0.807. The molecular formula is C19H15N3O2S. The molecule has 2 aromatic carbocycles. The summed E-state index contributed by atoms with van der Waals surface area (Å²) in [6.45, 7) is 1.69. The fraction of sp³-hybridized carbons (Fsp3) is 0.158. The smallest absolute Gasteiger partial charge is 0.265 e. The number of fused-ring (bicyclic) bond motifs is 3. The number of anilines is 1. The van der Waals surface area contributed by atoms with Gasteiger partial charge in [-0.05, 0) is 30.7 Å². The van der Waals surface area contributed by atoms with E-state index in [4.69, 9.17) is 10.00 Å². The fourth-order valence-electron chi connectivity index (χ4n) is 2.86. The Morgan fingerprint density at radius 2 is 1.92 bits per heavy atom. The van der Waals surface area contributed by atoms with Gasteiger partial charge in [-0.15, -0.1) is 11.3 Å². The lowest BCUT2D eigenvalue weighted by Gasteiger charge is -2.26. The molecule has 0 saturated carbocycles. The Labute approximate surface area is 148 Å². The molecule has 0 radical (unpaired) electrons. The van der Waals surface area contributed by atoms with Crippen molar-refractivity contribution in [1.29, 1.82) is 5.26 Å². The number of nitrogens with one attached hydrogen (secondary N) is 2. The van der Waals surface area contributed by atoms with Gasteiger partial charge < -0.3 is 15.4 Å². The highest BCUT2D eigenvalue weighted by Crippen LogP contribution is 2.39. The van der Waals surface area contributed by atoms with Crippen molar-refractivity contribution >= 4 is 33.0 Å². The molecule has 25 heavy (non-hydrogen) atoms. The summed E-state index contributed by atoms with van der Waals surface area (Å²) in [4.78, 5) is 13.2. The van der Waals surface area contributed by atoms with Gasteiger partial charge in [0.05, 0.1) is 5.69 Å². The third kappa shape index (κ3) is 2.79. The van der Waals surface area contributed by atoms with Crippen LogP contribution in [-0.2, 0) is 0 Å². The number of hydrogen-bond donors (Lipinski definition) is 2. The van der Waals surface area contributed by atoms with E-state index in [-0.39, 0.29) is 12.1 Å². The molecule has 2 atom stereocenters. The van der Waals surface area contributed by atoms with Gasteiger partial charge >= 0.3 is 0 Å².